The summed E-state index contributed by atoms with van der Waals surface area (Å²) in [5.41, 5.74) is 1.02. The highest BCUT2D eigenvalue weighted by atomic mass is 35.5. The molecule has 3 rings (SSSR count). The van der Waals surface area contributed by atoms with E-state index in [2.05, 4.69) is 10.5 Å². The van der Waals surface area contributed by atoms with Gasteiger partial charge in [0.05, 0.1) is 5.69 Å². The van der Waals surface area contributed by atoms with Crippen molar-refractivity contribution >= 4 is 29.2 Å². The number of carbonyl (C=O) groups is 2. The third-order valence-electron chi connectivity index (χ3n) is 3.65. The third-order valence-corrected chi connectivity index (χ3v) is 3.89. The van der Waals surface area contributed by atoms with Gasteiger partial charge < -0.3 is 14.6 Å². The van der Waals surface area contributed by atoms with Gasteiger partial charge in [-0.3, -0.25) is 4.79 Å². The summed E-state index contributed by atoms with van der Waals surface area (Å²) < 4.78 is 23.8. The number of hydrogen-bond acceptors (Lipinski definition) is 5. The molecule has 0 radical (unpaired) electrons. The van der Waals surface area contributed by atoms with Gasteiger partial charge in [0.15, 0.2) is 6.61 Å². The Bertz CT molecular complexity index is 989. The van der Waals surface area contributed by atoms with Crippen molar-refractivity contribution in [3.63, 3.8) is 0 Å². The number of amides is 1. The lowest BCUT2D eigenvalue weighted by Gasteiger charge is -2.08. The number of carbonyl (C=O) groups excluding carboxylic acids is 2. The van der Waals surface area contributed by atoms with E-state index in [1.165, 1.54) is 12.1 Å². The average molecular weight is 389 g/mol. The summed E-state index contributed by atoms with van der Waals surface area (Å²) in [6, 6.07) is 12.7. The number of esters is 1. The molecule has 1 N–H and O–H groups in total. The largest absolute Gasteiger partial charge is 0.452 e. The van der Waals surface area contributed by atoms with Crippen molar-refractivity contribution in [3.8, 4) is 11.3 Å². The van der Waals surface area contributed by atoms with E-state index < -0.39 is 24.3 Å². The monoisotopic (exact) mass is 388 g/mol. The fraction of sp³-hybridized carbons (Fsp3) is 0.105. The highest BCUT2D eigenvalue weighted by Crippen LogP contribution is 2.25. The van der Waals surface area contributed by atoms with Crippen LogP contribution in [0.2, 0.25) is 5.02 Å². The molecule has 0 aliphatic heterocycles. The topological polar surface area (TPSA) is 81.4 Å². The summed E-state index contributed by atoms with van der Waals surface area (Å²) in [5.74, 6) is -1.87. The van der Waals surface area contributed by atoms with Gasteiger partial charge in [-0.15, -0.1) is 0 Å². The van der Waals surface area contributed by atoms with Crippen LogP contribution in [0.15, 0.2) is 53.1 Å². The van der Waals surface area contributed by atoms with Crippen molar-refractivity contribution in [1.29, 1.82) is 0 Å². The minimum absolute atomic E-state index is 0.102. The number of hydrogen-bond donors (Lipinski definition) is 1. The summed E-state index contributed by atoms with van der Waals surface area (Å²) in [4.78, 5) is 24.4. The molecule has 0 saturated heterocycles. The van der Waals surface area contributed by atoms with Gasteiger partial charge in [0.2, 0.25) is 0 Å². The molecule has 1 heterocycles. The van der Waals surface area contributed by atoms with Gasteiger partial charge in [0.1, 0.15) is 22.8 Å². The van der Waals surface area contributed by atoms with Gasteiger partial charge in [0.25, 0.3) is 5.91 Å². The fourth-order valence-corrected chi connectivity index (χ4v) is 2.56. The van der Waals surface area contributed by atoms with E-state index in [0.29, 0.717) is 11.3 Å². The smallest absolute Gasteiger partial charge is 0.344 e. The third kappa shape index (κ3) is 4.32. The molecule has 0 spiro atoms. The van der Waals surface area contributed by atoms with Crippen LogP contribution in [0.3, 0.4) is 0 Å². The summed E-state index contributed by atoms with van der Waals surface area (Å²) in [5, 5.41) is 6.44. The van der Waals surface area contributed by atoms with Crippen LogP contribution in [0.1, 0.15) is 16.1 Å². The minimum Gasteiger partial charge on any atom is -0.452 e. The Labute approximate surface area is 158 Å². The number of benzene rings is 2. The van der Waals surface area contributed by atoms with Crippen LogP contribution in [0, 0.1) is 12.7 Å². The van der Waals surface area contributed by atoms with E-state index in [0.717, 1.165) is 6.07 Å². The molecule has 0 fully saturated rings. The summed E-state index contributed by atoms with van der Waals surface area (Å²) in [6.45, 7) is 0.959. The van der Waals surface area contributed by atoms with E-state index in [4.69, 9.17) is 20.9 Å². The van der Waals surface area contributed by atoms with E-state index in [1.54, 1.807) is 31.2 Å². The Morgan fingerprint density at radius 2 is 1.96 bits per heavy atom. The molecule has 0 bridgehead atoms. The number of aryl methyl sites for hydroxylation is 1. The molecule has 6 nitrogen and oxygen atoms in total. The quantitative estimate of drug-likeness (QED) is 0.661. The van der Waals surface area contributed by atoms with Crippen molar-refractivity contribution < 1.29 is 23.2 Å². The number of anilines is 1. The highest BCUT2D eigenvalue weighted by Gasteiger charge is 2.23. The number of halogens is 2. The molecule has 138 valence electrons. The Kier molecular flexibility index (Phi) is 5.52. The van der Waals surface area contributed by atoms with Crippen LogP contribution in [0.4, 0.5) is 10.1 Å². The van der Waals surface area contributed by atoms with Crippen molar-refractivity contribution in [3.05, 3.63) is 70.7 Å². The van der Waals surface area contributed by atoms with Gasteiger partial charge in [-0.1, -0.05) is 47.1 Å². The first-order chi connectivity index (χ1) is 13.0. The Morgan fingerprint density at radius 3 is 2.70 bits per heavy atom. The normalized spacial score (nSPS) is 10.5. The zero-order valence-corrected chi connectivity index (χ0v) is 14.9. The van der Waals surface area contributed by atoms with Crippen LogP contribution in [-0.4, -0.2) is 23.6 Å². The maximum absolute atomic E-state index is 13.6. The van der Waals surface area contributed by atoms with Gasteiger partial charge >= 0.3 is 5.97 Å². The minimum atomic E-state index is -0.769. The maximum Gasteiger partial charge on any atom is 0.344 e. The predicted octanol–water partition coefficient (Wildman–Crippen LogP) is 4.24. The van der Waals surface area contributed by atoms with Crippen molar-refractivity contribution in [2.24, 2.45) is 0 Å². The number of ether oxygens (including phenoxy) is 1. The van der Waals surface area contributed by atoms with E-state index in [9.17, 15) is 14.0 Å². The predicted molar refractivity (Wildman–Crippen MR) is 97.0 cm³/mol. The van der Waals surface area contributed by atoms with Crippen molar-refractivity contribution in [2.45, 2.75) is 6.92 Å². The molecule has 0 saturated carbocycles. The average Bonchev–Trinajstić information content (AvgIpc) is 3.05. The van der Waals surface area contributed by atoms with Crippen LogP contribution in [0.5, 0.6) is 0 Å². The second-order valence-electron chi connectivity index (χ2n) is 5.58. The Morgan fingerprint density at radius 1 is 1.22 bits per heavy atom. The van der Waals surface area contributed by atoms with E-state index in [1.807, 2.05) is 6.07 Å². The maximum atomic E-state index is 13.6. The lowest BCUT2D eigenvalue weighted by molar-refractivity contribution is -0.119. The number of nitrogens with zero attached hydrogens (tertiary/aromatic N) is 1. The second kappa shape index (κ2) is 8.01. The van der Waals surface area contributed by atoms with Crippen LogP contribution in [-0.2, 0) is 9.53 Å². The first-order valence-electron chi connectivity index (χ1n) is 7.89. The van der Waals surface area contributed by atoms with Gasteiger partial charge in [-0.25, -0.2) is 9.18 Å². The molecule has 0 aliphatic carbocycles. The fourth-order valence-electron chi connectivity index (χ4n) is 2.39. The molecular weight excluding hydrogens is 375 g/mol. The Balaban J connectivity index is 1.69. The van der Waals surface area contributed by atoms with Gasteiger partial charge in [-0.05, 0) is 25.1 Å². The zero-order chi connectivity index (χ0) is 19.4. The Hall–Kier alpha value is -3.19. The number of nitrogens with one attached hydrogen (secondary N) is 1. The van der Waals surface area contributed by atoms with Crippen molar-refractivity contribution in [2.75, 3.05) is 11.9 Å². The van der Waals surface area contributed by atoms with Crippen LogP contribution < -0.4 is 5.32 Å². The molecule has 1 amide bonds. The first-order valence-corrected chi connectivity index (χ1v) is 8.27. The number of aromatic nitrogens is 1. The van der Waals surface area contributed by atoms with Gasteiger partial charge in [0, 0.05) is 10.6 Å². The molecule has 2 aromatic carbocycles. The van der Waals surface area contributed by atoms with Crippen LogP contribution >= 0.6 is 11.6 Å². The second-order valence-corrected chi connectivity index (χ2v) is 6.01. The molecule has 0 atom stereocenters. The molecule has 27 heavy (non-hydrogen) atoms. The summed E-state index contributed by atoms with van der Waals surface area (Å²) >= 11 is 5.77. The number of rotatable bonds is 5. The molecule has 0 unspecified atom stereocenters. The molecule has 3 aromatic rings. The summed E-state index contributed by atoms with van der Waals surface area (Å²) in [7, 11) is 0. The van der Waals surface area contributed by atoms with E-state index >= 15 is 0 Å². The SMILES string of the molecule is Cc1onc(-c2ccccc2)c1C(=O)OCC(=O)Nc1cc(Cl)ccc1F. The lowest BCUT2D eigenvalue weighted by atomic mass is 10.1. The van der Waals surface area contributed by atoms with E-state index in [-0.39, 0.29) is 22.0 Å². The highest BCUT2D eigenvalue weighted by molar-refractivity contribution is 6.30. The van der Waals surface area contributed by atoms with Crippen molar-refractivity contribution in [1.82, 2.24) is 5.16 Å². The summed E-state index contributed by atoms with van der Waals surface area (Å²) in [6.07, 6.45) is 0. The zero-order valence-electron chi connectivity index (χ0n) is 14.2. The molecule has 1 aromatic heterocycles. The standard InChI is InChI=1S/C19H14ClFN2O4/c1-11-17(18(23-27-11)12-5-3-2-4-6-12)19(25)26-10-16(24)22-15-9-13(20)7-8-14(15)21/h2-9H,10H2,1H3,(H,22,24). The van der Waals surface area contributed by atoms with Gasteiger partial charge in [-0.2, -0.15) is 0 Å². The lowest BCUT2D eigenvalue weighted by Crippen LogP contribution is -2.21. The first kappa shape index (κ1) is 18.6. The molecule has 0 aliphatic rings. The van der Waals surface area contributed by atoms with Crippen LogP contribution in [0.25, 0.3) is 11.3 Å². The molecule has 8 heteroatoms. The molecular formula is C19H14ClFN2O4.